The highest BCUT2D eigenvalue weighted by atomic mass is 32.1. The molecule has 7 nitrogen and oxygen atoms in total. The number of likely N-dealkylation sites (N-methyl/N-ethyl adjacent to an activating group) is 1. The molecule has 0 radical (unpaired) electrons. The number of piperazine rings is 1. The number of nitrogens with one attached hydrogen (secondary N) is 1. The third-order valence-corrected chi connectivity index (χ3v) is 6.68. The topological polar surface area (TPSA) is 60.4 Å². The smallest absolute Gasteiger partial charge is 0.224 e. The second kappa shape index (κ2) is 9.41. The number of hydrogen-bond donors (Lipinski definition) is 1. The molecule has 2 aliphatic rings. The molecule has 1 atom stereocenters. The Labute approximate surface area is 183 Å². The molecule has 2 aliphatic heterocycles. The summed E-state index contributed by atoms with van der Waals surface area (Å²) in [5.74, 6) is 0.997. The molecular formula is C22H32N6OS. The fourth-order valence-corrected chi connectivity index (χ4v) is 4.89. The van der Waals surface area contributed by atoms with Gasteiger partial charge in [-0.15, -0.1) is 0 Å². The first kappa shape index (κ1) is 21.2. The first-order valence-electron chi connectivity index (χ1n) is 10.9. The number of piperidine rings is 1. The normalized spacial score (nSPS) is 21.1. The maximum atomic E-state index is 12.9. The van der Waals surface area contributed by atoms with E-state index in [0.29, 0.717) is 23.8 Å². The van der Waals surface area contributed by atoms with Crippen LogP contribution in [0.1, 0.15) is 24.8 Å². The summed E-state index contributed by atoms with van der Waals surface area (Å²) in [5.41, 5.74) is 2.19. The van der Waals surface area contributed by atoms with Crippen molar-refractivity contribution in [2.24, 2.45) is 0 Å². The predicted molar refractivity (Wildman–Crippen MR) is 121 cm³/mol. The second-order valence-corrected chi connectivity index (χ2v) is 8.99. The highest BCUT2D eigenvalue weighted by molar-refractivity contribution is 7.71. The van der Waals surface area contributed by atoms with Crippen LogP contribution < -0.4 is 0 Å². The van der Waals surface area contributed by atoms with E-state index in [2.05, 4.69) is 46.1 Å². The highest BCUT2D eigenvalue weighted by Gasteiger charge is 2.28. The van der Waals surface area contributed by atoms with Crippen molar-refractivity contribution >= 4 is 18.1 Å². The maximum Gasteiger partial charge on any atom is 0.224 e. The minimum absolute atomic E-state index is 0.203. The molecule has 2 fully saturated rings. The van der Waals surface area contributed by atoms with Crippen molar-refractivity contribution in [1.82, 2.24) is 29.5 Å². The van der Waals surface area contributed by atoms with Gasteiger partial charge in [0.05, 0.1) is 0 Å². The van der Waals surface area contributed by atoms with Crippen LogP contribution in [0.2, 0.25) is 0 Å². The highest BCUT2D eigenvalue weighted by Crippen LogP contribution is 2.20. The molecule has 1 aromatic carbocycles. The van der Waals surface area contributed by atoms with Gasteiger partial charge in [0.2, 0.25) is 5.91 Å². The number of aryl methyl sites for hydroxylation is 1. The lowest BCUT2D eigenvalue weighted by Gasteiger charge is -2.42. The minimum Gasteiger partial charge on any atom is -0.340 e. The quantitative estimate of drug-likeness (QED) is 0.742. The Bertz CT molecular complexity index is 930. The number of hydrogen-bond acceptors (Lipinski definition) is 5. The number of aromatic nitrogens is 3. The van der Waals surface area contributed by atoms with E-state index >= 15 is 0 Å². The van der Waals surface area contributed by atoms with E-state index in [-0.39, 0.29) is 5.91 Å². The molecule has 2 aromatic rings. The molecule has 8 heteroatoms. The zero-order chi connectivity index (χ0) is 21.1. The summed E-state index contributed by atoms with van der Waals surface area (Å²) >= 11 is 5.42. The van der Waals surface area contributed by atoms with Crippen molar-refractivity contribution in [3.63, 3.8) is 0 Å². The number of benzene rings is 1. The van der Waals surface area contributed by atoms with Crippen molar-refractivity contribution < 1.29 is 4.79 Å². The van der Waals surface area contributed by atoms with E-state index in [0.717, 1.165) is 44.1 Å². The van der Waals surface area contributed by atoms with Crippen LogP contribution in [0.5, 0.6) is 0 Å². The number of carbonyl (C=O) groups excluding carboxylic acids is 1. The molecule has 0 bridgehead atoms. The fraction of sp³-hybridized carbons (Fsp3) is 0.591. The van der Waals surface area contributed by atoms with Gasteiger partial charge in [-0.2, -0.15) is 5.10 Å². The average molecular weight is 429 g/mol. The number of aromatic amines is 1. The fourth-order valence-electron chi connectivity index (χ4n) is 4.67. The predicted octanol–water partition coefficient (Wildman–Crippen LogP) is 2.54. The van der Waals surface area contributed by atoms with Gasteiger partial charge in [-0.25, -0.2) is 0 Å². The molecule has 30 heavy (non-hydrogen) atoms. The van der Waals surface area contributed by atoms with E-state index in [1.165, 1.54) is 24.9 Å². The Morgan fingerprint density at radius 3 is 2.77 bits per heavy atom. The number of carbonyl (C=O) groups is 1. The molecule has 0 spiro atoms. The van der Waals surface area contributed by atoms with Crippen molar-refractivity contribution in [3.05, 3.63) is 34.6 Å². The van der Waals surface area contributed by atoms with Crippen molar-refractivity contribution in [1.29, 1.82) is 0 Å². The van der Waals surface area contributed by atoms with Gasteiger partial charge < -0.3 is 9.80 Å². The van der Waals surface area contributed by atoms with E-state index in [9.17, 15) is 4.79 Å². The molecule has 0 saturated carbocycles. The molecule has 2 saturated heterocycles. The monoisotopic (exact) mass is 428 g/mol. The lowest BCUT2D eigenvalue weighted by atomic mass is 10.0. The molecule has 162 valence electrons. The number of H-pyrrole nitrogens is 1. The molecule has 1 N–H and O–H groups in total. The SMILES string of the molecule is Cc1cccc(-c2n[nH]c(=S)n2CCC(=O)N2CCN(C3CCCN(C)C3)CC2)c1. The first-order valence-corrected chi connectivity index (χ1v) is 11.3. The van der Waals surface area contributed by atoms with Gasteiger partial charge in [0.25, 0.3) is 0 Å². The Morgan fingerprint density at radius 2 is 2.03 bits per heavy atom. The summed E-state index contributed by atoms with van der Waals surface area (Å²) in [6, 6.07) is 8.83. The third-order valence-electron chi connectivity index (χ3n) is 6.37. The standard InChI is InChI=1S/C22H32N6OS/c1-17-5-3-6-18(15-17)21-23-24-22(30)28(21)10-8-20(29)27-13-11-26(12-14-27)19-7-4-9-25(2)16-19/h3,5-6,15,19H,4,7-14,16H2,1-2H3,(H,24,30). The van der Waals surface area contributed by atoms with E-state index in [1.54, 1.807) is 0 Å². The number of rotatable bonds is 5. The third kappa shape index (κ3) is 4.82. The van der Waals surface area contributed by atoms with Gasteiger partial charge in [-0.1, -0.05) is 23.8 Å². The molecule has 1 unspecified atom stereocenters. The summed E-state index contributed by atoms with van der Waals surface area (Å²) in [5, 5.41) is 7.28. The van der Waals surface area contributed by atoms with Crippen LogP contribution in [0.15, 0.2) is 24.3 Å². The largest absolute Gasteiger partial charge is 0.340 e. The molecule has 1 aromatic heterocycles. The maximum absolute atomic E-state index is 12.9. The van der Waals surface area contributed by atoms with Crippen molar-refractivity contribution in [3.8, 4) is 11.4 Å². The molecule has 0 aliphatic carbocycles. The zero-order valence-corrected chi connectivity index (χ0v) is 18.8. The minimum atomic E-state index is 0.203. The van der Waals surface area contributed by atoms with Crippen LogP contribution >= 0.6 is 12.2 Å². The Hall–Kier alpha value is -2.03. The summed E-state index contributed by atoms with van der Waals surface area (Å²) < 4.78 is 2.50. The van der Waals surface area contributed by atoms with Crippen LogP contribution in [0.25, 0.3) is 11.4 Å². The Morgan fingerprint density at radius 1 is 1.23 bits per heavy atom. The molecule has 1 amide bonds. The van der Waals surface area contributed by atoms with Crippen molar-refractivity contribution in [2.75, 3.05) is 46.3 Å². The van der Waals surface area contributed by atoms with Gasteiger partial charge in [0.15, 0.2) is 10.6 Å². The summed E-state index contributed by atoms with van der Waals surface area (Å²) in [7, 11) is 2.21. The van der Waals surface area contributed by atoms with E-state index < -0.39 is 0 Å². The molecule has 3 heterocycles. The van der Waals surface area contributed by atoms with E-state index in [1.807, 2.05) is 21.6 Å². The van der Waals surface area contributed by atoms with Crippen LogP contribution in [0.4, 0.5) is 0 Å². The van der Waals surface area contributed by atoms with E-state index in [4.69, 9.17) is 12.2 Å². The van der Waals surface area contributed by atoms with Crippen LogP contribution in [-0.2, 0) is 11.3 Å². The van der Waals surface area contributed by atoms with Crippen LogP contribution in [-0.4, -0.2) is 87.7 Å². The van der Waals surface area contributed by atoms with Gasteiger partial charge >= 0.3 is 0 Å². The number of amides is 1. The molecule has 4 rings (SSSR count). The van der Waals surface area contributed by atoms with Gasteiger partial charge in [0.1, 0.15) is 0 Å². The van der Waals surface area contributed by atoms with Crippen molar-refractivity contribution in [2.45, 2.75) is 38.8 Å². The summed E-state index contributed by atoms with van der Waals surface area (Å²) in [6.45, 7) is 8.55. The lowest BCUT2D eigenvalue weighted by Crippen LogP contribution is -2.55. The second-order valence-electron chi connectivity index (χ2n) is 8.60. The lowest BCUT2D eigenvalue weighted by molar-refractivity contribution is -0.133. The first-order chi connectivity index (χ1) is 14.5. The number of likely N-dealkylation sites (tertiary alicyclic amines) is 1. The van der Waals surface area contributed by atoms with Gasteiger partial charge in [0, 0.05) is 57.3 Å². The Kier molecular flexibility index (Phi) is 6.65. The van der Waals surface area contributed by atoms with Gasteiger partial charge in [-0.3, -0.25) is 19.4 Å². The number of nitrogens with zero attached hydrogens (tertiary/aromatic N) is 5. The Balaban J connectivity index is 1.33. The average Bonchev–Trinajstić information content (AvgIpc) is 3.12. The summed E-state index contributed by atoms with van der Waals surface area (Å²) in [4.78, 5) is 19.9. The van der Waals surface area contributed by atoms with Crippen LogP contribution in [0.3, 0.4) is 0 Å². The zero-order valence-electron chi connectivity index (χ0n) is 18.0. The molecular weight excluding hydrogens is 396 g/mol. The van der Waals surface area contributed by atoms with Gasteiger partial charge in [-0.05, 0) is 51.6 Å². The van der Waals surface area contributed by atoms with Crippen LogP contribution in [0, 0.1) is 11.7 Å². The summed E-state index contributed by atoms with van der Waals surface area (Å²) in [6.07, 6.45) is 2.99.